The summed E-state index contributed by atoms with van der Waals surface area (Å²) in [7, 11) is 4.10. The molecule has 1 aliphatic carbocycles. The molecule has 0 bridgehead atoms. The molecule has 1 fully saturated rings. The lowest BCUT2D eigenvalue weighted by Gasteiger charge is -2.30. The average Bonchev–Trinajstić information content (AvgIpc) is 3.06. The zero-order chi connectivity index (χ0) is 20.8. The van der Waals surface area contributed by atoms with Crippen LogP contribution >= 0.6 is 11.6 Å². The molecule has 5 nitrogen and oxygen atoms in total. The Morgan fingerprint density at radius 3 is 2.69 bits per heavy atom. The van der Waals surface area contributed by atoms with Gasteiger partial charge in [-0.1, -0.05) is 48.9 Å². The molecular formula is C23H27ClN4O. The molecule has 0 saturated heterocycles. The van der Waals surface area contributed by atoms with Gasteiger partial charge in [-0.3, -0.25) is 9.89 Å². The lowest BCUT2D eigenvalue weighted by atomic mass is 9.81. The lowest BCUT2D eigenvalue weighted by Crippen LogP contribution is -2.40. The first-order chi connectivity index (χ1) is 13.8. The fourth-order valence-corrected chi connectivity index (χ4v) is 5.00. The molecule has 1 heterocycles. The topological polar surface area (TPSA) is 75.0 Å². The van der Waals surface area contributed by atoms with E-state index in [1.165, 1.54) is 5.56 Å². The van der Waals surface area contributed by atoms with Crippen LogP contribution in [-0.2, 0) is 16.6 Å². The number of benzene rings is 2. The van der Waals surface area contributed by atoms with E-state index in [0.29, 0.717) is 11.4 Å². The van der Waals surface area contributed by atoms with Crippen molar-refractivity contribution in [2.45, 2.75) is 37.6 Å². The van der Waals surface area contributed by atoms with Crippen LogP contribution < -0.4 is 5.73 Å². The Morgan fingerprint density at radius 2 is 2.03 bits per heavy atom. The normalized spacial score (nSPS) is 24.7. The van der Waals surface area contributed by atoms with E-state index in [0.717, 1.165) is 29.3 Å². The van der Waals surface area contributed by atoms with E-state index in [1.807, 2.05) is 38.4 Å². The molecule has 2 aromatic carbocycles. The molecule has 4 rings (SSSR count). The van der Waals surface area contributed by atoms with Gasteiger partial charge in [0.05, 0.1) is 17.1 Å². The van der Waals surface area contributed by atoms with Crippen molar-refractivity contribution in [3.63, 3.8) is 0 Å². The number of nitrogens with one attached hydrogen (secondary N) is 1. The van der Waals surface area contributed by atoms with Crippen LogP contribution in [0, 0.1) is 5.41 Å². The molecule has 3 aromatic rings. The van der Waals surface area contributed by atoms with Gasteiger partial charge in [0.1, 0.15) is 0 Å². The summed E-state index contributed by atoms with van der Waals surface area (Å²) in [6.07, 6.45) is 4.02. The van der Waals surface area contributed by atoms with Crippen molar-refractivity contribution < 1.29 is 4.79 Å². The summed E-state index contributed by atoms with van der Waals surface area (Å²) in [5, 5.41) is 8.78. The molecule has 0 aliphatic heterocycles. The number of fused-ring (bicyclic) bond motifs is 1. The maximum absolute atomic E-state index is 12.7. The van der Waals surface area contributed by atoms with Crippen LogP contribution in [0.25, 0.3) is 10.9 Å². The van der Waals surface area contributed by atoms with Crippen LogP contribution in [0.5, 0.6) is 0 Å². The average molecular weight is 411 g/mol. The summed E-state index contributed by atoms with van der Waals surface area (Å²) in [6, 6.07) is 14.4. The number of carbonyl (C=O) groups is 1. The van der Waals surface area contributed by atoms with Crippen molar-refractivity contribution in [2.24, 2.45) is 11.1 Å². The predicted octanol–water partition coefficient (Wildman–Crippen LogP) is 3.91. The van der Waals surface area contributed by atoms with Gasteiger partial charge in [-0.2, -0.15) is 5.10 Å². The van der Waals surface area contributed by atoms with Crippen LogP contribution in [-0.4, -0.2) is 41.1 Å². The molecular weight excluding hydrogens is 384 g/mol. The number of hydrogen-bond acceptors (Lipinski definition) is 3. The van der Waals surface area contributed by atoms with Gasteiger partial charge in [-0.05, 0) is 56.6 Å². The predicted molar refractivity (Wildman–Crippen MR) is 117 cm³/mol. The van der Waals surface area contributed by atoms with E-state index in [1.54, 1.807) is 6.20 Å². The van der Waals surface area contributed by atoms with Crippen LogP contribution in [0.3, 0.4) is 0 Å². The molecule has 2 unspecified atom stereocenters. The first kappa shape index (κ1) is 19.9. The molecule has 3 atom stereocenters. The summed E-state index contributed by atoms with van der Waals surface area (Å²) < 4.78 is 0. The quantitative estimate of drug-likeness (QED) is 0.620. The number of rotatable bonds is 7. The fourth-order valence-electron chi connectivity index (χ4n) is 4.76. The van der Waals surface area contributed by atoms with Crippen molar-refractivity contribution in [2.75, 3.05) is 14.1 Å². The minimum atomic E-state index is -0.546. The van der Waals surface area contributed by atoms with E-state index < -0.39 is 5.41 Å². The highest BCUT2D eigenvalue weighted by molar-refractivity contribution is 6.32. The van der Waals surface area contributed by atoms with Gasteiger partial charge in [0.15, 0.2) is 0 Å². The van der Waals surface area contributed by atoms with Gasteiger partial charge in [-0.15, -0.1) is 0 Å². The van der Waals surface area contributed by atoms with E-state index in [9.17, 15) is 4.79 Å². The van der Waals surface area contributed by atoms with Crippen molar-refractivity contribution in [3.8, 4) is 0 Å². The Morgan fingerprint density at radius 1 is 1.31 bits per heavy atom. The number of aromatic nitrogens is 2. The number of likely N-dealkylation sites (N-methyl/N-ethyl adjacent to an activating group) is 1. The zero-order valence-corrected chi connectivity index (χ0v) is 17.8. The highest BCUT2D eigenvalue weighted by atomic mass is 35.5. The van der Waals surface area contributed by atoms with E-state index in [4.69, 9.17) is 17.3 Å². The van der Waals surface area contributed by atoms with Crippen molar-refractivity contribution in [3.05, 3.63) is 64.8 Å². The van der Waals surface area contributed by atoms with Gasteiger partial charge in [0.2, 0.25) is 5.91 Å². The molecule has 0 radical (unpaired) electrons. The van der Waals surface area contributed by atoms with Gasteiger partial charge in [-0.25, -0.2) is 0 Å². The minimum Gasteiger partial charge on any atom is -0.369 e. The Kier molecular flexibility index (Phi) is 4.91. The molecule has 29 heavy (non-hydrogen) atoms. The second kappa shape index (κ2) is 7.15. The molecule has 1 amide bonds. The highest BCUT2D eigenvalue weighted by Gasteiger charge is 2.69. The Hall–Kier alpha value is -2.37. The second-order valence-electron chi connectivity index (χ2n) is 8.75. The molecule has 0 spiro atoms. The SMILES string of the molecule is CN(C)[C@H](Cc1cc2cn[nH]c2cc1Cl)CC1(C(N)=O)CC1(C)c1ccccc1. The fraction of sp³-hybridized carbons (Fsp3) is 0.391. The highest BCUT2D eigenvalue weighted by Crippen LogP contribution is 2.67. The van der Waals surface area contributed by atoms with Crippen LogP contribution in [0.1, 0.15) is 30.9 Å². The first-order valence-electron chi connectivity index (χ1n) is 9.90. The largest absolute Gasteiger partial charge is 0.369 e. The minimum absolute atomic E-state index is 0.134. The standard InChI is InChI=1S/C23H27ClN4O/c1-22(17-7-5-4-6-8-17)14-23(22,21(25)29)12-18(28(2)3)10-15-9-16-13-26-27-20(16)11-19(15)24/h4-9,11,13,18H,10,12,14H2,1-3H3,(H2,25,29)(H,26,27)/t18-,22?,23?/m1/s1. The van der Waals surface area contributed by atoms with Crippen molar-refractivity contribution in [1.82, 2.24) is 15.1 Å². The third kappa shape index (κ3) is 3.32. The zero-order valence-electron chi connectivity index (χ0n) is 17.1. The first-order valence-corrected chi connectivity index (χ1v) is 10.3. The monoisotopic (exact) mass is 410 g/mol. The van der Waals surface area contributed by atoms with Gasteiger partial charge < -0.3 is 10.6 Å². The number of hydrogen-bond donors (Lipinski definition) is 2. The third-order valence-electron chi connectivity index (χ3n) is 6.85. The molecule has 3 N–H and O–H groups in total. The number of nitrogens with zero attached hydrogens (tertiary/aromatic N) is 2. The number of halogens is 1. The third-order valence-corrected chi connectivity index (χ3v) is 7.20. The Bertz CT molecular complexity index is 1050. The summed E-state index contributed by atoms with van der Waals surface area (Å²) in [4.78, 5) is 14.8. The van der Waals surface area contributed by atoms with E-state index in [2.05, 4.69) is 40.2 Å². The van der Waals surface area contributed by atoms with E-state index >= 15 is 0 Å². The number of H-pyrrole nitrogens is 1. The maximum Gasteiger partial charge on any atom is 0.224 e. The Labute approximate surface area is 176 Å². The second-order valence-corrected chi connectivity index (χ2v) is 9.16. The lowest BCUT2D eigenvalue weighted by molar-refractivity contribution is -0.124. The number of aromatic amines is 1. The smallest absolute Gasteiger partial charge is 0.224 e. The van der Waals surface area contributed by atoms with Gasteiger partial charge >= 0.3 is 0 Å². The summed E-state index contributed by atoms with van der Waals surface area (Å²) in [5.74, 6) is -0.216. The summed E-state index contributed by atoms with van der Waals surface area (Å²) in [5.41, 5.74) is 8.36. The molecule has 1 aromatic heterocycles. The molecule has 6 heteroatoms. The van der Waals surface area contributed by atoms with Crippen molar-refractivity contribution >= 4 is 28.4 Å². The molecule has 1 aliphatic rings. The summed E-state index contributed by atoms with van der Waals surface area (Å²) in [6.45, 7) is 2.16. The van der Waals surface area contributed by atoms with Gasteiger partial charge in [0.25, 0.3) is 0 Å². The van der Waals surface area contributed by atoms with Crippen LogP contribution in [0.4, 0.5) is 0 Å². The van der Waals surface area contributed by atoms with Gasteiger partial charge in [0, 0.05) is 21.9 Å². The van der Waals surface area contributed by atoms with Crippen LogP contribution in [0.2, 0.25) is 5.02 Å². The van der Waals surface area contributed by atoms with Crippen molar-refractivity contribution in [1.29, 1.82) is 0 Å². The number of nitrogens with two attached hydrogens (primary N) is 1. The number of primary amides is 1. The number of amides is 1. The molecule has 1 saturated carbocycles. The van der Waals surface area contributed by atoms with E-state index in [-0.39, 0.29) is 17.4 Å². The maximum atomic E-state index is 12.7. The Balaban J connectivity index is 1.63. The molecule has 152 valence electrons. The summed E-state index contributed by atoms with van der Waals surface area (Å²) >= 11 is 6.55. The van der Waals surface area contributed by atoms with Crippen LogP contribution in [0.15, 0.2) is 48.7 Å². The number of carbonyl (C=O) groups excluding carboxylic acids is 1.